The van der Waals surface area contributed by atoms with Crippen LogP contribution in [0.1, 0.15) is 48.2 Å². The van der Waals surface area contributed by atoms with Crippen LogP contribution < -0.4 is 10.9 Å². The summed E-state index contributed by atoms with van der Waals surface area (Å²) < 4.78 is 0. The van der Waals surface area contributed by atoms with Crippen molar-refractivity contribution in [3.8, 4) is 10.4 Å². The van der Waals surface area contributed by atoms with Gasteiger partial charge in [-0.15, -0.1) is 11.3 Å². The summed E-state index contributed by atoms with van der Waals surface area (Å²) in [6, 6.07) is 14.2. The third-order valence-electron chi connectivity index (χ3n) is 7.19. The topological polar surface area (TPSA) is 82.6 Å². The number of carbonyl (C=O) groups is 3. The summed E-state index contributed by atoms with van der Waals surface area (Å²) in [5.74, 6) is -0.520. The van der Waals surface area contributed by atoms with Crippen molar-refractivity contribution in [1.82, 2.24) is 20.1 Å². The molecule has 1 aromatic heterocycles. The molecule has 2 aliphatic rings. The van der Waals surface area contributed by atoms with E-state index in [1.54, 1.807) is 15.3 Å². The van der Waals surface area contributed by atoms with Crippen molar-refractivity contribution < 1.29 is 14.4 Å². The van der Waals surface area contributed by atoms with Crippen LogP contribution in [0.15, 0.2) is 54.0 Å². The van der Waals surface area contributed by atoms with Crippen LogP contribution in [0.25, 0.3) is 10.4 Å². The van der Waals surface area contributed by atoms with Crippen LogP contribution in [0.3, 0.4) is 0 Å². The average molecular weight is 512 g/mol. The molecule has 0 bridgehead atoms. The Morgan fingerprint density at radius 1 is 1.16 bits per heavy atom. The van der Waals surface area contributed by atoms with Crippen molar-refractivity contribution in [3.63, 3.8) is 0 Å². The number of amides is 3. The van der Waals surface area contributed by atoms with Gasteiger partial charge in [0.1, 0.15) is 19.9 Å². The van der Waals surface area contributed by atoms with Crippen molar-refractivity contribution in [2.75, 3.05) is 6.54 Å². The standard InChI is InChI=1S/C28H29BN4O3S/c1-17(2)23(33-15-20-6-3-4-7-21(20)27(33)35)28(36)32-13-5-8-22(32)26(34)30-14-18-9-11-19(12-10-18)24-25(29)31-16-37-24/h3-4,6-7,9-12,16-17,22-23H,5,8,13-15H2,1-2H3,(H,30,34). The van der Waals surface area contributed by atoms with Gasteiger partial charge < -0.3 is 15.1 Å². The van der Waals surface area contributed by atoms with E-state index in [4.69, 9.17) is 7.85 Å². The van der Waals surface area contributed by atoms with Crippen LogP contribution in [0.5, 0.6) is 0 Å². The maximum atomic E-state index is 13.8. The molecule has 5 rings (SSSR count). The summed E-state index contributed by atoms with van der Waals surface area (Å²) >= 11 is 1.49. The van der Waals surface area contributed by atoms with Crippen LogP contribution in [-0.2, 0) is 22.7 Å². The first-order valence-corrected chi connectivity index (χ1v) is 13.5. The van der Waals surface area contributed by atoms with E-state index in [9.17, 15) is 14.4 Å². The molecule has 2 radical (unpaired) electrons. The minimum Gasteiger partial charge on any atom is -0.350 e. The largest absolute Gasteiger partial charge is 0.350 e. The second-order valence-corrected chi connectivity index (χ2v) is 10.8. The maximum Gasteiger partial charge on any atom is 0.255 e. The normalized spacial score (nSPS) is 17.8. The average Bonchev–Trinajstić information content (AvgIpc) is 3.63. The van der Waals surface area contributed by atoms with Crippen LogP contribution in [0.2, 0.25) is 0 Å². The zero-order valence-electron chi connectivity index (χ0n) is 21.0. The zero-order valence-corrected chi connectivity index (χ0v) is 21.8. The highest BCUT2D eigenvalue weighted by molar-refractivity contribution is 7.14. The summed E-state index contributed by atoms with van der Waals surface area (Å²) in [5.41, 5.74) is 5.76. The molecule has 3 aromatic rings. The number of benzene rings is 2. The second kappa shape index (κ2) is 10.5. The third-order valence-corrected chi connectivity index (χ3v) is 8.08. The number of thiazole rings is 1. The van der Waals surface area contributed by atoms with E-state index in [1.807, 2.05) is 62.4 Å². The number of fused-ring (bicyclic) bond motifs is 1. The maximum absolute atomic E-state index is 13.8. The van der Waals surface area contributed by atoms with Crippen LogP contribution in [0, 0.1) is 5.92 Å². The first-order valence-electron chi connectivity index (χ1n) is 12.6. The van der Waals surface area contributed by atoms with E-state index in [-0.39, 0.29) is 23.6 Å². The molecule has 3 amide bonds. The fraction of sp³-hybridized carbons (Fsp3) is 0.357. The molecule has 3 heterocycles. The van der Waals surface area contributed by atoms with Gasteiger partial charge in [0.25, 0.3) is 5.91 Å². The first kappa shape index (κ1) is 25.2. The molecule has 188 valence electrons. The Balaban J connectivity index is 1.25. The Labute approximate surface area is 222 Å². The van der Waals surface area contributed by atoms with Crippen molar-refractivity contribution in [2.45, 2.75) is 51.9 Å². The summed E-state index contributed by atoms with van der Waals surface area (Å²) in [6.07, 6.45) is 1.37. The monoisotopic (exact) mass is 512 g/mol. The predicted octanol–water partition coefficient (Wildman–Crippen LogP) is 2.89. The Kier molecular flexibility index (Phi) is 7.15. The highest BCUT2D eigenvalue weighted by atomic mass is 32.1. The lowest BCUT2D eigenvalue weighted by molar-refractivity contribution is -0.143. The van der Waals surface area contributed by atoms with Crippen LogP contribution in [0.4, 0.5) is 0 Å². The number of aromatic nitrogens is 1. The Hall–Kier alpha value is -3.46. The van der Waals surface area contributed by atoms with Crippen LogP contribution >= 0.6 is 11.3 Å². The number of hydrogen-bond acceptors (Lipinski definition) is 5. The van der Waals surface area contributed by atoms with Gasteiger partial charge >= 0.3 is 0 Å². The molecular weight excluding hydrogens is 483 g/mol. The number of likely N-dealkylation sites (tertiary alicyclic amines) is 1. The molecule has 1 saturated heterocycles. The minimum atomic E-state index is -0.611. The van der Waals surface area contributed by atoms with E-state index in [1.165, 1.54) is 11.3 Å². The van der Waals surface area contributed by atoms with E-state index in [2.05, 4.69) is 10.3 Å². The summed E-state index contributed by atoms with van der Waals surface area (Å²) in [4.78, 5) is 48.4. The smallest absolute Gasteiger partial charge is 0.255 e. The van der Waals surface area contributed by atoms with Gasteiger partial charge in [0, 0.05) is 35.7 Å². The predicted molar refractivity (Wildman–Crippen MR) is 144 cm³/mol. The van der Waals surface area contributed by atoms with Gasteiger partial charge in [-0.3, -0.25) is 19.4 Å². The van der Waals surface area contributed by atoms with Crippen molar-refractivity contribution in [1.29, 1.82) is 0 Å². The fourth-order valence-electron chi connectivity index (χ4n) is 5.30. The number of rotatable bonds is 7. The number of carbonyl (C=O) groups excluding carboxylic acids is 3. The lowest BCUT2D eigenvalue weighted by Crippen LogP contribution is -2.55. The molecule has 2 aliphatic heterocycles. The van der Waals surface area contributed by atoms with Gasteiger partial charge in [-0.1, -0.05) is 56.3 Å². The molecule has 2 unspecified atom stereocenters. The van der Waals surface area contributed by atoms with Crippen molar-refractivity contribution >= 4 is 42.5 Å². The number of nitrogens with one attached hydrogen (secondary N) is 1. The molecule has 0 aliphatic carbocycles. The molecule has 7 nitrogen and oxygen atoms in total. The van der Waals surface area contributed by atoms with E-state index >= 15 is 0 Å². The first-order chi connectivity index (χ1) is 17.8. The summed E-state index contributed by atoms with van der Waals surface area (Å²) in [7, 11) is 5.91. The molecule has 1 fully saturated rings. The molecule has 0 spiro atoms. The quantitative estimate of drug-likeness (QED) is 0.494. The van der Waals surface area contributed by atoms with E-state index < -0.39 is 12.1 Å². The Morgan fingerprint density at radius 2 is 1.92 bits per heavy atom. The highest BCUT2D eigenvalue weighted by Crippen LogP contribution is 2.30. The Morgan fingerprint density at radius 3 is 2.59 bits per heavy atom. The van der Waals surface area contributed by atoms with Crippen LogP contribution in [-0.4, -0.2) is 59.0 Å². The molecule has 2 atom stereocenters. The SMILES string of the molecule is [B]c1ncsc1-c1ccc(CNC(=O)C2CCCN2C(=O)C(C(C)C)N2Cc3ccccc3C2=O)cc1. The number of nitrogens with zero attached hydrogens (tertiary/aromatic N) is 3. The van der Waals surface area contributed by atoms with E-state index in [0.29, 0.717) is 37.2 Å². The van der Waals surface area contributed by atoms with Gasteiger partial charge in [-0.2, -0.15) is 0 Å². The zero-order chi connectivity index (χ0) is 26.1. The van der Waals surface area contributed by atoms with Gasteiger partial charge in [-0.25, -0.2) is 0 Å². The fourth-order valence-corrected chi connectivity index (χ4v) is 6.02. The molecular formula is C28H29BN4O3S. The lowest BCUT2D eigenvalue weighted by Gasteiger charge is -2.35. The highest BCUT2D eigenvalue weighted by Gasteiger charge is 2.43. The third kappa shape index (κ3) is 4.92. The van der Waals surface area contributed by atoms with Crippen molar-refractivity contribution in [2.24, 2.45) is 5.92 Å². The summed E-state index contributed by atoms with van der Waals surface area (Å²) in [5, 5.41) is 3.00. The second-order valence-electron chi connectivity index (χ2n) is 9.95. The molecule has 37 heavy (non-hydrogen) atoms. The molecule has 1 N–H and O–H groups in total. The molecule has 2 aromatic carbocycles. The number of hydrogen-bond donors (Lipinski definition) is 1. The molecule has 9 heteroatoms. The summed E-state index contributed by atoms with van der Waals surface area (Å²) in [6.45, 7) is 5.20. The van der Waals surface area contributed by atoms with Gasteiger partial charge in [0.2, 0.25) is 11.8 Å². The Bertz CT molecular complexity index is 1320. The van der Waals surface area contributed by atoms with Gasteiger partial charge in [0.05, 0.1) is 5.51 Å². The van der Waals surface area contributed by atoms with Gasteiger partial charge in [-0.05, 0) is 41.5 Å². The lowest BCUT2D eigenvalue weighted by atomic mass is 9.99. The molecule has 0 saturated carbocycles. The van der Waals surface area contributed by atoms with Crippen molar-refractivity contribution in [3.05, 3.63) is 70.7 Å². The van der Waals surface area contributed by atoms with Gasteiger partial charge in [0.15, 0.2) is 0 Å². The van der Waals surface area contributed by atoms with E-state index in [0.717, 1.165) is 28.0 Å². The minimum absolute atomic E-state index is 0.0822.